The molecule has 0 bridgehead atoms. The topological polar surface area (TPSA) is 47.6 Å². The fraction of sp³-hybridized carbons (Fsp3) is 0.364. The number of halogens is 4. The first kappa shape index (κ1) is 15.8. The molecule has 0 saturated carbocycles. The van der Waals surface area contributed by atoms with Gasteiger partial charge in [0, 0.05) is 10.6 Å². The Bertz CT molecular complexity index is 485. The van der Waals surface area contributed by atoms with Crippen molar-refractivity contribution in [2.75, 3.05) is 13.7 Å². The van der Waals surface area contributed by atoms with Crippen molar-refractivity contribution >= 4 is 30.1 Å². The Hall–Kier alpha value is -1.27. The normalized spacial score (nSPS) is 20.8. The van der Waals surface area contributed by atoms with Gasteiger partial charge < -0.3 is 14.8 Å². The second kappa shape index (κ2) is 5.79. The van der Waals surface area contributed by atoms with Gasteiger partial charge in [-0.15, -0.1) is 12.4 Å². The summed E-state index contributed by atoms with van der Waals surface area (Å²) in [7, 11) is 1.35. The van der Waals surface area contributed by atoms with Crippen LogP contribution in [-0.2, 0) is 4.74 Å². The highest BCUT2D eigenvalue weighted by Gasteiger charge is 2.47. The van der Waals surface area contributed by atoms with Gasteiger partial charge in [-0.3, -0.25) is 0 Å². The number of methoxy groups -OCH3 is 1. The number of hydrogen-bond donors (Lipinski definition) is 1. The van der Waals surface area contributed by atoms with E-state index in [-0.39, 0.29) is 28.7 Å². The van der Waals surface area contributed by atoms with Crippen LogP contribution in [-0.4, -0.2) is 25.7 Å². The van der Waals surface area contributed by atoms with Crippen LogP contribution in [0.25, 0.3) is 0 Å². The molecule has 19 heavy (non-hydrogen) atoms. The number of ether oxygens (including phenoxy) is 2. The predicted octanol–water partition coefficient (Wildman–Crippen LogP) is 3.19. The van der Waals surface area contributed by atoms with Crippen molar-refractivity contribution in [2.24, 2.45) is 0 Å². The molecule has 1 aliphatic rings. The number of amides is 1. The maximum Gasteiger partial charge on any atom is 0.408 e. The third-order valence-corrected chi connectivity index (χ3v) is 2.82. The van der Waals surface area contributed by atoms with Crippen LogP contribution in [0.3, 0.4) is 0 Å². The fourth-order valence-electron chi connectivity index (χ4n) is 1.75. The van der Waals surface area contributed by atoms with Gasteiger partial charge >= 0.3 is 12.0 Å². The molecule has 1 aromatic carbocycles. The summed E-state index contributed by atoms with van der Waals surface area (Å²) in [5.74, 6) is -3.00. The summed E-state index contributed by atoms with van der Waals surface area (Å²) in [6, 6.07) is 2.80. The van der Waals surface area contributed by atoms with Crippen LogP contribution < -0.4 is 10.1 Å². The summed E-state index contributed by atoms with van der Waals surface area (Å²) in [6.07, 6.45) is -0.895. The first-order valence-electron chi connectivity index (χ1n) is 5.08. The Morgan fingerprint density at radius 1 is 1.53 bits per heavy atom. The third kappa shape index (κ3) is 3.19. The van der Waals surface area contributed by atoms with E-state index in [0.29, 0.717) is 0 Å². The van der Waals surface area contributed by atoms with Crippen LogP contribution in [0, 0.1) is 0 Å². The molecule has 0 aliphatic carbocycles. The zero-order chi connectivity index (χ0) is 13.3. The third-order valence-electron chi connectivity index (χ3n) is 2.58. The maximum atomic E-state index is 13.7. The van der Waals surface area contributed by atoms with Crippen molar-refractivity contribution in [2.45, 2.75) is 12.0 Å². The molecule has 8 heteroatoms. The molecule has 0 radical (unpaired) electrons. The molecule has 1 heterocycles. The summed E-state index contributed by atoms with van der Waals surface area (Å²) >= 11 is 5.78. The Labute approximate surface area is 119 Å². The number of carbonyl (C=O) groups excluding carboxylic acids is 1. The standard InChI is InChI=1S/C11H10ClF2NO3.ClH/c1-17-8-3-2-6(12)4-7(8)9-11(13,14)5-18-10(16)15-9;/h2-4,9H,5H2,1H3,(H,15,16);1H/t9-;/m0./s1. The van der Waals surface area contributed by atoms with Crippen molar-refractivity contribution in [1.29, 1.82) is 0 Å². The van der Waals surface area contributed by atoms with Crippen molar-refractivity contribution in [1.82, 2.24) is 5.32 Å². The summed E-state index contributed by atoms with van der Waals surface area (Å²) in [5, 5.41) is 2.36. The fourth-order valence-corrected chi connectivity index (χ4v) is 1.93. The Morgan fingerprint density at radius 2 is 2.21 bits per heavy atom. The van der Waals surface area contributed by atoms with Gasteiger partial charge in [0.15, 0.2) is 6.61 Å². The minimum Gasteiger partial charge on any atom is -0.496 e. The van der Waals surface area contributed by atoms with E-state index < -0.39 is 24.7 Å². The zero-order valence-electron chi connectivity index (χ0n) is 9.78. The number of hydrogen-bond acceptors (Lipinski definition) is 3. The van der Waals surface area contributed by atoms with Crippen molar-refractivity contribution in [3.63, 3.8) is 0 Å². The van der Waals surface area contributed by atoms with Gasteiger partial charge in [0.2, 0.25) is 0 Å². The first-order valence-corrected chi connectivity index (χ1v) is 5.46. The van der Waals surface area contributed by atoms with Crippen molar-refractivity contribution < 1.29 is 23.0 Å². The number of alkyl halides is 2. The highest BCUT2D eigenvalue weighted by Crippen LogP contribution is 2.39. The minimum atomic E-state index is -3.23. The smallest absolute Gasteiger partial charge is 0.408 e. The summed E-state index contributed by atoms with van der Waals surface area (Å²) in [5.41, 5.74) is 0.117. The van der Waals surface area contributed by atoms with Gasteiger partial charge in [0.1, 0.15) is 11.8 Å². The molecular weight excluding hydrogens is 303 g/mol. The number of alkyl carbamates (subject to hydrolysis) is 1. The number of carbonyl (C=O) groups is 1. The largest absolute Gasteiger partial charge is 0.496 e. The molecule has 1 aliphatic heterocycles. The maximum absolute atomic E-state index is 13.7. The lowest BCUT2D eigenvalue weighted by molar-refractivity contribution is -0.104. The molecule has 2 rings (SSSR count). The summed E-state index contributed by atoms with van der Waals surface area (Å²) in [4.78, 5) is 11.1. The van der Waals surface area contributed by atoms with E-state index in [2.05, 4.69) is 10.1 Å². The van der Waals surface area contributed by atoms with E-state index in [4.69, 9.17) is 16.3 Å². The number of rotatable bonds is 2. The quantitative estimate of drug-likeness (QED) is 0.912. The molecule has 0 aromatic heterocycles. The van der Waals surface area contributed by atoms with Gasteiger partial charge in [-0.1, -0.05) is 11.6 Å². The zero-order valence-corrected chi connectivity index (χ0v) is 11.4. The second-order valence-corrected chi connectivity index (χ2v) is 4.24. The summed E-state index contributed by atoms with van der Waals surface area (Å²) in [6.45, 7) is -0.973. The van der Waals surface area contributed by atoms with Gasteiger partial charge in [-0.2, -0.15) is 0 Å². The van der Waals surface area contributed by atoms with Gasteiger partial charge in [-0.05, 0) is 18.2 Å². The van der Waals surface area contributed by atoms with E-state index in [1.54, 1.807) is 0 Å². The lowest BCUT2D eigenvalue weighted by atomic mass is 9.99. The van der Waals surface area contributed by atoms with E-state index in [9.17, 15) is 13.6 Å². The molecule has 0 unspecified atom stereocenters. The number of nitrogens with one attached hydrogen (secondary N) is 1. The van der Waals surface area contributed by atoms with Crippen LogP contribution in [0.2, 0.25) is 5.02 Å². The molecule has 106 valence electrons. The SMILES string of the molecule is COc1ccc(Cl)cc1[C@@H]1NC(=O)OCC1(F)F.Cl. The molecule has 1 fully saturated rings. The van der Waals surface area contributed by atoms with E-state index in [0.717, 1.165) is 0 Å². The van der Waals surface area contributed by atoms with E-state index in [1.165, 1.54) is 25.3 Å². The number of benzene rings is 1. The first-order chi connectivity index (χ1) is 8.44. The van der Waals surface area contributed by atoms with Crippen LogP contribution in [0.15, 0.2) is 18.2 Å². The van der Waals surface area contributed by atoms with Gasteiger partial charge in [0.25, 0.3) is 0 Å². The highest BCUT2D eigenvalue weighted by molar-refractivity contribution is 6.30. The lowest BCUT2D eigenvalue weighted by Crippen LogP contribution is -2.49. The molecule has 1 N–H and O–H groups in total. The second-order valence-electron chi connectivity index (χ2n) is 3.80. The average molecular weight is 314 g/mol. The monoisotopic (exact) mass is 313 g/mol. The van der Waals surface area contributed by atoms with E-state index in [1.807, 2.05) is 0 Å². The highest BCUT2D eigenvalue weighted by atomic mass is 35.5. The predicted molar refractivity (Wildman–Crippen MR) is 67.4 cm³/mol. The van der Waals surface area contributed by atoms with Crippen LogP contribution >= 0.6 is 24.0 Å². The minimum absolute atomic E-state index is 0. The molecule has 1 aromatic rings. The molecule has 1 saturated heterocycles. The van der Waals surface area contributed by atoms with E-state index >= 15 is 0 Å². The van der Waals surface area contributed by atoms with Gasteiger partial charge in [-0.25, -0.2) is 13.6 Å². The Morgan fingerprint density at radius 3 is 2.84 bits per heavy atom. The average Bonchev–Trinajstić information content (AvgIpc) is 2.32. The van der Waals surface area contributed by atoms with Crippen LogP contribution in [0.5, 0.6) is 5.75 Å². The lowest BCUT2D eigenvalue weighted by Gasteiger charge is -2.32. The number of cyclic esters (lactones) is 1. The Balaban J connectivity index is 0.00000180. The van der Waals surface area contributed by atoms with Gasteiger partial charge in [0.05, 0.1) is 7.11 Å². The van der Waals surface area contributed by atoms with Crippen molar-refractivity contribution in [3.05, 3.63) is 28.8 Å². The van der Waals surface area contributed by atoms with Crippen molar-refractivity contribution in [3.8, 4) is 5.75 Å². The molecule has 1 amide bonds. The molecule has 0 spiro atoms. The van der Waals surface area contributed by atoms with Crippen LogP contribution in [0.1, 0.15) is 11.6 Å². The summed E-state index contributed by atoms with van der Waals surface area (Å²) < 4.78 is 36.7. The molecular formula is C11H11Cl2F2NO3. The Kier molecular flexibility index (Phi) is 4.81. The molecule has 4 nitrogen and oxygen atoms in total. The van der Waals surface area contributed by atoms with Crippen LogP contribution in [0.4, 0.5) is 13.6 Å². The molecule has 1 atom stereocenters.